The smallest absolute Gasteiger partial charge is 0.252 e. The second-order valence-electron chi connectivity index (χ2n) is 4.22. The van der Waals surface area contributed by atoms with Gasteiger partial charge >= 0.3 is 0 Å². The quantitative estimate of drug-likeness (QED) is 0.727. The maximum absolute atomic E-state index is 11.9. The normalized spacial score (nSPS) is 9.90. The molecule has 0 aliphatic rings. The molecule has 3 N–H and O–H groups in total. The summed E-state index contributed by atoms with van der Waals surface area (Å²) in [5, 5.41) is 2.43. The van der Waals surface area contributed by atoms with E-state index in [-0.39, 0.29) is 24.1 Å². The predicted molar refractivity (Wildman–Crippen MR) is 77.4 cm³/mol. The Morgan fingerprint density at radius 2 is 1.90 bits per heavy atom. The topological polar surface area (TPSA) is 92.5 Å². The molecule has 0 saturated heterocycles. The number of hydrogen-bond donors (Lipinski definition) is 2. The maximum atomic E-state index is 11.9. The number of carbonyl (C=O) groups is 3. The molecule has 1 aromatic rings. The number of primary amides is 1. The van der Waals surface area contributed by atoms with Gasteiger partial charge in [-0.25, -0.2) is 0 Å². The number of nitrogens with zero attached hydrogens (tertiary/aromatic N) is 1. The van der Waals surface area contributed by atoms with Crippen LogP contribution in [0.4, 0.5) is 0 Å². The molecule has 6 nitrogen and oxygen atoms in total. The van der Waals surface area contributed by atoms with Crippen molar-refractivity contribution in [2.75, 3.05) is 26.4 Å². The molecule has 3 amide bonds. The Bertz CT molecular complexity index is 517. The van der Waals surface area contributed by atoms with E-state index in [0.29, 0.717) is 10.5 Å². The highest BCUT2D eigenvalue weighted by molar-refractivity contribution is 8.00. The van der Waals surface area contributed by atoms with Gasteiger partial charge in [0.05, 0.1) is 17.9 Å². The van der Waals surface area contributed by atoms with Crippen LogP contribution in [-0.4, -0.2) is 49.0 Å². The first-order chi connectivity index (χ1) is 9.41. The molecule has 108 valence electrons. The minimum atomic E-state index is -0.605. The molecule has 0 aliphatic carbocycles. The van der Waals surface area contributed by atoms with E-state index in [9.17, 15) is 14.4 Å². The molecule has 0 fully saturated rings. The van der Waals surface area contributed by atoms with E-state index in [0.717, 1.165) is 0 Å². The Hall–Kier alpha value is -2.02. The molecule has 7 heteroatoms. The molecule has 0 heterocycles. The lowest BCUT2D eigenvalue weighted by Crippen LogP contribution is -2.33. The van der Waals surface area contributed by atoms with E-state index in [1.54, 1.807) is 38.4 Å². The Balaban J connectivity index is 2.75. The molecule has 0 aromatic heterocycles. The number of thioether (sulfide) groups is 1. The maximum Gasteiger partial charge on any atom is 0.252 e. The fourth-order valence-corrected chi connectivity index (χ4v) is 2.34. The average molecular weight is 295 g/mol. The van der Waals surface area contributed by atoms with Crippen molar-refractivity contribution in [3.63, 3.8) is 0 Å². The predicted octanol–water partition coefficient (Wildman–Crippen LogP) is 0.0820. The van der Waals surface area contributed by atoms with Gasteiger partial charge in [0, 0.05) is 19.0 Å². The minimum Gasteiger partial charge on any atom is -0.368 e. The Kier molecular flexibility index (Phi) is 6.05. The molecular weight excluding hydrogens is 278 g/mol. The van der Waals surface area contributed by atoms with E-state index < -0.39 is 5.91 Å². The van der Waals surface area contributed by atoms with Crippen LogP contribution in [0, 0.1) is 0 Å². The molecule has 0 unspecified atom stereocenters. The number of benzene rings is 1. The zero-order chi connectivity index (χ0) is 15.1. The van der Waals surface area contributed by atoms with Crippen molar-refractivity contribution in [3.05, 3.63) is 29.8 Å². The summed E-state index contributed by atoms with van der Waals surface area (Å²) in [5.74, 6) is -0.787. The first kappa shape index (κ1) is 16.0. The monoisotopic (exact) mass is 295 g/mol. The largest absolute Gasteiger partial charge is 0.368 e. The lowest BCUT2D eigenvalue weighted by Gasteiger charge is -2.11. The lowest BCUT2D eigenvalue weighted by molar-refractivity contribution is -0.125. The molecular formula is C13H17N3O3S. The van der Waals surface area contributed by atoms with Gasteiger partial charge in [-0.05, 0) is 12.1 Å². The number of rotatable bonds is 6. The van der Waals surface area contributed by atoms with Crippen LogP contribution in [0.1, 0.15) is 10.4 Å². The van der Waals surface area contributed by atoms with Crippen LogP contribution >= 0.6 is 11.8 Å². The zero-order valence-electron chi connectivity index (χ0n) is 11.4. The van der Waals surface area contributed by atoms with Crippen molar-refractivity contribution < 1.29 is 14.4 Å². The van der Waals surface area contributed by atoms with Crippen LogP contribution in [0.25, 0.3) is 0 Å². The van der Waals surface area contributed by atoms with Crippen molar-refractivity contribution in [3.8, 4) is 0 Å². The highest BCUT2D eigenvalue weighted by atomic mass is 32.2. The number of hydrogen-bond acceptors (Lipinski definition) is 4. The SMILES string of the molecule is CN(C)C(=O)CSc1ccccc1C(=O)NCC(N)=O. The van der Waals surface area contributed by atoms with Gasteiger partial charge in [-0.2, -0.15) is 0 Å². The first-order valence-corrected chi connectivity index (χ1v) is 6.89. The summed E-state index contributed by atoms with van der Waals surface area (Å²) in [6.45, 7) is -0.214. The van der Waals surface area contributed by atoms with E-state index in [1.165, 1.54) is 16.7 Å². The van der Waals surface area contributed by atoms with Gasteiger partial charge in [0.1, 0.15) is 0 Å². The molecule has 0 saturated carbocycles. The van der Waals surface area contributed by atoms with Gasteiger partial charge in [0.2, 0.25) is 11.8 Å². The Morgan fingerprint density at radius 1 is 1.25 bits per heavy atom. The molecule has 0 radical (unpaired) electrons. The second kappa shape index (κ2) is 7.54. The van der Waals surface area contributed by atoms with E-state index in [4.69, 9.17) is 5.73 Å². The summed E-state index contributed by atoms with van der Waals surface area (Å²) >= 11 is 1.28. The summed E-state index contributed by atoms with van der Waals surface area (Å²) in [7, 11) is 3.35. The number of nitrogens with one attached hydrogen (secondary N) is 1. The third kappa shape index (κ3) is 4.93. The van der Waals surface area contributed by atoms with Gasteiger partial charge in [0.25, 0.3) is 5.91 Å². The number of amides is 3. The van der Waals surface area contributed by atoms with Gasteiger partial charge in [-0.1, -0.05) is 12.1 Å². The van der Waals surface area contributed by atoms with Crippen molar-refractivity contribution in [1.29, 1.82) is 0 Å². The summed E-state index contributed by atoms with van der Waals surface area (Å²) in [5.41, 5.74) is 5.40. The summed E-state index contributed by atoms with van der Waals surface area (Å²) in [4.78, 5) is 36.3. The number of carbonyl (C=O) groups excluding carboxylic acids is 3. The highest BCUT2D eigenvalue weighted by Gasteiger charge is 2.13. The van der Waals surface area contributed by atoms with Gasteiger partial charge in [-0.15, -0.1) is 11.8 Å². The van der Waals surface area contributed by atoms with Crippen LogP contribution in [0.3, 0.4) is 0 Å². The van der Waals surface area contributed by atoms with Crippen molar-refractivity contribution >= 4 is 29.5 Å². The standard InChI is InChI=1S/C13H17N3O3S/c1-16(2)12(18)8-20-10-6-4-3-5-9(10)13(19)15-7-11(14)17/h3-6H,7-8H2,1-2H3,(H2,14,17)(H,15,19). The summed E-state index contributed by atoms with van der Waals surface area (Å²) in [6.07, 6.45) is 0. The van der Waals surface area contributed by atoms with Crippen molar-refractivity contribution in [1.82, 2.24) is 10.2 Å². The highest BCUT2D eigenvalue weighted by Crippen LogP contribution is 2.22. The van der Waals surface area contributed by atoms with Crippen LogP contribution in [0.5, 0.6) is 0 Å². The fourth-order valence-electron chi connectivity index (χ4n) is 1.31. The second-order valence-corrected chi connectivity index (χ2v) is 5.24. The molecule has 20 heavy (non-hydrogen) atoms. The lowest BCUT2D eigenvalue weighted by atomic mass is 10.2. The number of nitrogens with two attached hydrogens (primary N) is 1. The van der Waals surface area contributed by atoms with Crippen LogP contribution in [-0.2, 0) is 9.59 Å². The summed E-state index contributed by atoms with van der Waals surface area (Å²) < 4.78 is 0. The molecule has 0 bridgehead atoms. The third-order valence-electron chi connectivity index (χ3n) is 2.40. The molecule has 1 aromatic carbocycles. The van der Waals surface area contributed by atoms with Crippen LogP contribution < -0.4 is 11.1 Å². The fraction of sp³-hybridized carbons (Fsp3) is 0.308. The average Bonchev–Trinajstić information content (AvgIpc) is 2.42. The van der Waals surface area contributed by atoms with Gasteiger partial charge in [0.15, 0.2) is 0 Å². The molecule has 1 rings (SSSR count). The van der Waals surface area contributed by atoms with Crippen molar-refractivity contribution in [2.24, 2.45) is 5.73 Å². The minimum absolute atomic E-state index is 0.0395. The Morgan fingerprint density at radius 3 is 2.50 bits per heavy atom. The van der Waals surface area contributed by atoms with E-state index >= 15 is 0 Å². The van der Waals surface area contributed by atoms with Gasteiger partial charge < -0.3 is 16.0 Å². The molecule has 0 atom stereocenters. The van der Waals surface area contributed by atoms with Crippen molar-refractivity contribution in [2.45, 2.75) is 4.90 Å². The zero-order valence-corrected chi connectivity index (χ0v) is 12.2. The summed E-state index contributed by atoms with van der Waals surface area (Å²) in [6, 6.07) is 6.90. The first-order valence-electron chi connectivity index (χ1n) is 5.90. The van der Waals surface area contributed by atoms with E-state index in [2.05, 4.69) is 5.32 Å². The molecule has 0 aliphatic heterocycles. The van der Waals surface area contributed by atoms with E-state index in [1.807, 2.05) is 0 Å². The molecule has 0 spiro atoms. The van der Waals surface area contributed by atoms with Crippen LogP contribution in [0.15, 0.2) is 29.2 Å². The third-order valence-corrected chi connectivity index (χ3v) is 3.46. The Labute approximate surface area is 121 Å². The van der Waals surface area contributed by atoms with Gasteiger partial charge in [-0.3, -0.25) is 14.4 Å². The van der Waals surface area contributed by atoms with Crippen LogP contribution in [0.2, 0.25) is 0 Å².